The number of anilines is 3. The van der Waals surface area contributed by atoms with Gasteiger partial charge in [-0.2, -0.15) is 0 Å². The first-order chi connectivity index (χ1) is 17.3. The Kier molecular flexibility index (Phi) is 4.33. The van der Waals surface area contributed by atoms with Gasteiger partial charge in [0.1, 0.15) is 0 Å². The highest BCUT2D eigenvalue weighted by Gasteiger charge is 2.33. The topological polar surface area (TPSA) is 27.1 Å². The molecule has 1 aliphatic heterocycles. The molecule has 0 amide bonds. The molecule has 5 aromatic rings. The third kappa shape index (κ3) is 2.87. The summed E-state index contributed by atoms with van der Waals surface area (Å²) in [6.45, 7) is 0. The van der Waals surface area contributed by atoms with E-state index in [0.29, 0.717) is 5.71 Å². The molecule has 1 N–H and O–H groups in total. The fraction of sp³-hybridized carbons (Fsp3) is 0. The minimum Gasteiger partial charge on any atom is -0.309 e. The van der Waals surface area contributed by atoms with Gasteiger partial charge in [-0.1, -0.05) is 103 Å². The molecule has 0 unspecified atom stereocenters. The Bertz CT molecular complexity index is 1560. The van der Waals surface area contributed by atoms with Gasteiger partial charge in [0.05, 0.1) is 17.1 Å². The molecule has 2 heteroatoms. The molecule has 1 heterocycles. The van der Waals surface area contributed by atoms with Gasteiger partial charge in [0.15, 0.2) is 0 Å². The summed E-state index contributed by atoms with van der Waals surface area (Å²) in [5.41, 5.74) is 13.1. The zero-order chi connectivity index (χ0) is 23.4. The number of para-hydroxylation sites is 3. The second-order valence-electron chi connectivity index (χ2n) is 8.92. The number of nitrogens with one attached hydrogen (secondary N) is 1. The van der Waals surface area contributed by atoms with Crippen molar-refractivity contribution in [2.75, 3.05) is 4.90 Å². The molecule has 2 nitrogen and oxygen atoms in total. The molecular weight excluding hydrogens is 424 g/mol. The van der Waals surface area contributed by atoms with Gasteiger partial charge in [-0.3, -0.25) is 5.41 Å². The maximum absolute atomic E-state index is 8.96. The highest BCUT2D eigenvalue weighted by atomic mass is 15.2. The van der Waals surface area contributed by atoms with Crippen molar-refractivity contribution in [1.82, 2.24) is 0 Å². The van der Waals surface area contributed by atoms with Crippen molar-refractivity contribution in [1.29, 1.82) is 5.41 Å². The van der Waals surface area contributed by atoms with Crippen LogP contribution in [0, 0.1) is 5.41 Å². The van der Waals surface area contributed by atoms with Gasteiger partial charge in [0, 0.05) is 33.5 Å². The van der Waals surface area contributed by atoms with Crippen molar-refractivity contribution in [3.8, 4) is 0 Å². The molecule has 0 spiro atoms. The molecule has 0 atom stereocenters. The van der Waals surface area contributed by atoms with Gasteiger partial charge in [-0.05, 0) is 41.0 Å². The van der Waals surface area contributed by atoms with E-state index in [1.54, 1.807) is 0 Å². The first-order valence-electron chi connectivity index (χ1n) is 11.9. The van der Waals surface area contributed by atoms with Gasteiger partial charge >= 0.3 is 0 Å². The fourth-order valence-electron chi connectivity index (χ4n) is 5.56. The number of rotatable bonds is 1. The van der Waals surface area contributed by atoms with Gasteiger partial charge < -0.3 is 4.90 Å². The second-order valence-corrected chi connectivity index (χ2v) is 8.92. The molecule has 2 aliphatic rings. The summed E-state index contributed by atoms with van der Waals surface area (Å²) in [6.07, 6.45) is 0. The average Bonchev–Trinajstić information content (AvgIpc) is 2.93. The van der Waals surface area contributed by atoms with Gasteiger partial charge in [0.2, 0.25) is 0 Å². The molecule has 1 aliphatic carbocycles. The maximum atomic E-state index is 8.96. The molecule has 0 saturated heterocycles. The summed E-state index contributed by atoms with van der Waals surface area (Å²) in [4.78, 5) is 2.36. The van der Waals surface area contributed by atoms with Crippen LogP contribution < -0.4 is 4.90 Å². The van der Waals surface area contributed by atoms with E-state index in [0.717, 1.165) is 39.3 Å². The lowest BCUT2D eigenvalue weighted by Gasteiger charge is -2.37. The lowest BCUT2D eigenvalue weighted by atomic mass is 9.75. The summed E-state index contributed by atoms with van der Waals surface area (Å²) in [5.74, 6) is 0. The molecular formula is C33H22N2. The zero-order valence-electron chi connectivity index (χ0n) is 19.1. The van der Waals surface area contributed by atoms with Gasteiger partial charge in [-0.15, -0.1) is 0 Å². The molecule has 0 fully saturated rings. The Hall–Kier alpha value is -4.69. The van der Waals surface area contributed by atoms with Crippen molar-refractivity contribution in [2.24, 2.45) is 0 Å². The Morgan fingerprint density at radius 1 is 0.371 bits per heavy atom. The van der Waals surface area contributed by atoms with Gasteiger partial charge in [-0.25, -0.2) is 0 Å². The predicted octanol–water partition coefficient (Wildman–Crippen LogP) is 8.21. The van der Waals surface area contributed by atoms with Crippen molar-refractivity contribution < 1.29 is 0 Å². The third-order valence-electron chi connectivity index (χ3n) is 7.02. The van der Waals surface area contributed by atoms with Crippen LogP contribution in [0.4, 0.5) is 17.1 Å². The normalized spacial score (nSPS) is 13.6. The number of hydrogen-bond acceptors (Lipinski definition) is 2. The van der Waals surface area contributed by atoms with Crippen molar-refractivity contribution in [3.05, 3.63) is 161 Å². The van der Waals surface area contributed by atoms with Crippen LogP contribution in [0.3, 0.4) is 0 Å². The zero-order valence-corrected chi connectivity index (χ0v) is 19.1. The van der Waals surface area contributed by atoms with E-state index < -0.39 is 0 Å². The maximum Gasteiger partial charge on any atom is 0.0697 e. The minimum absolute atomic E-state index is 0.587. The molecule has 164 valence electrons. The smallest absolute Gasteiger partial charge is 0.0697 e. The Labute approximate surface area is 204 Å². The fourth-order valence-corrected chi connectivity index (χ4v) is 5.56. The third-order valence-corrected chi connectivity index (χ3v) is 7.02. The Morgan fingerprint density at radius 2 is 0.743 bits per heavy atom. The molecule has 0 bridgehead atoms. The highest BCUT2D eigenvalue weighted by Crippen LogP contribution is 2.53. The number of hydrogen-bond donors (Lipinski definition) is 1. The highest BCUT2D eigenvalue weighted by molar-refractivity contribution is 6.25. The molecule has 7 rings (SSSR count). The van der Waals surface area contributed by atoms with E-state index in [-0.39, 0.29) is 0 Å². The number of benzene rings is 5. The first-order valence-corrected chi connectivity index (χ1v) is 11.9. The van der Waals surface area contributed by atoms with E-state index in [1.165, 1.54) is 22.3 Å². The van der Waals surface area contributed by atoms with E-state index in [4.69, 9.17) is 5.41 Å². The summed E-state index contributed by atoms with van der Waals surface area (Å²) >= 11 is 0. The monoisotopic (exact) mass is 446 g/mol. The average molecular weight is 447 g/mol. The van der Waals surface area contributed by atoms with Crippen LogP contribution in [0.5, 0.6) is 0 Å². The summed E-state index contributed by atoms with van der Waals surface area (Å²) in [7, 11) is 0. The molecule has 5 aromatic carbocycles. The summed E-state index contributed by atoms with van der Waals surface area (Å²) in [5, 5.41) is 8.96. The number of fused-ring (bicyclic) bond motifs is 4. The lowest BCUT2D eigenvalue weighted by Crippen LogP contribution is -2.20. The van der Waals surface area contributed by atoms with Crippen LogP contribution >= 0.6 is 0 Å². The van der Waals surface area contributed by atoms with Crippen molar-refractivity contribution in [2.45, 2.75) is 0 Å². The Morgan fingerprint density at radius 3 is 1.26 bits per heavy atom. The predicted molar refractivity (Wildman–Crippen MR) is 145 cm³/mol. The number of nitrogens with zero attached hydrogens (tertiary/aromatic N) is 1. The molecule has 0 saturated carbocycles. The van der Waals surface area contributed by atoms with Crippen LogP contribution in [0.1, 0.15) is 33.4 Å². The second kappa shape index (κ2) is 7.68. The van der Waals surface area contributed by atoms with Crippen LogP contribution in [-0.4, -0.2) is 5.71 Å². The van der Waals surface area contributed by atoms with Gasteiger partial charge in [0.25, 0.3) is 0 Å². The van der Waals surface area contributed by atoms with Crippen molar-refractivity contribution in [3.63, 3.8) is 0 Å². The van der Waals surface area contributed by atoms with E-state index in [1.807, 2.05) is 12.1 Å². The summed E-state index contributed by atoms with van der Waals surface area (Å²) in [6, 6.07) is 44.6. The Balaban J connectivity index is 1.64. The quantitative estimate of drug-likeness (QED) is 0.270. The van der Waals surface area contributed by atoms with E-state index in [9.17, 15) is 0 Å². The summed E-state index contributed by atoms with van der Waals surface area (Å²) < 4.78 is 0. The van der Waals surface area contributed by atoms with Crippen LogP contribution in [0.25, 0.3) is 11.1 Å². The molecule has 0 aromatic heterocycles. The van der Waals surface area contributed by atoms with Crippen LogP contribution in [0.2, 0.25) is 0 Å². The van der Waals surface area contributed by atoms with E-state index in [2.05, 4.69) is 120 Å². The SMILES string of the molecule is N=C1c2ccccc2C(=C2c3ccccc3N(c3ccccc3)c3ccccc32)c2ccccc21. The standard InChI is InChI=1S/C33H22N2/c34-33-25-16-6-4-14-23(25)31(24-15-5-7-17-26(24)33)32-27-18-8-10-20-29(27)35(22-12-2-1-3-13-22)30-21-11-9-19-28(30)32/h1-21,34H. The van der Waals surface area contributed by atoms with E-state index >= 15 is 0 Å². The first kappa shape index (κ1) is 19.7. The lowest BCUT2D eigenvalue weighted by molar-refractivity contribution is 1.24. The molecule has 0 radical (unpaired) electrons. The van der Waals surface area contributed by atoms with Crippen LogP contribution in [0.15, 0.2) is 127 Å². The largest absolute Gasteiger partial charge is 0.309 e. The van der Waals surface area contributed by atoms with Crippen LogP contribution in [-0.2, 0) is 0 Å². The molecule has 35 heavy (non-hydrogen) atoms. The van der Waals surface area contributed by atoms with Crippen molar-refractivity contribution >= 4 is 33.9 Å². The minimum atomic E-state index is 0.587.